The molecule has 0 spiro atoms. The molecule has 0 radical (unpaired) electrons. The molecule has 15 heavy (non-hydrogen) atoms. The van der Waals surface area contributed by atoms with Crippen LogP contribution in [0.15, 0.2) is 0 Å². The zero-order valence-corrected chi connectivity index (χ0v) is 8.94. The molecule has 0 heterocycles. The number of unbranched alkanes of at least 4 members (excludes halogenated alkanes) is 3. The summed E-state index contributed by atoms with van der Waals surface area (Å²) in [5.41, 5.74) is 0. The summed E-state index contributed by atoms with van der Waals surface area (Å²) in [7, 11) is 0. The van der Waals surface area contributed by atoms with Gasteiger partial charge in [0.25, 0.3) is 0 Å². The minimum atomic E-state index is -1.66. The Kier molecular flexibility index (Phi) is 7.62. The topological polar surface area (TPSA) is 83.8 Å². The minimum Gasteiger partial charge on any atom is -0.479 e. The highest BCUT2D eigenvalue weighted by Crippen LogP contribution is 2.01. The second kappa shape index (κ2) is 8.23. The quantitative estimate of drug-likeness (QED) is 0.468. The van der Waals surface area contributed by atoms with E-state index in [1.54, 1.807) is 0 Å². The van der Waals surface area contributed by atoms with E-state index in [9.17, 15) is 9.59 Å². The Morgan fingerprint density at radius 1 is 1.27 bits per heavy atom. The first kappa shape index (κ1) is 13.9. The number of rotatable bonds is 8. The fourth-order valence-corrected chi connectivity index (χ4v) is 1.02. The molecule has 0 rings (SSSR count). The number of esters is 1. The van der Waals surface area contributed by atoms with E-state index in [-0.39, 0.29) is 0 Å². The molecule has 0 saturated carbocycles. The lowest BCUT2D eigenvalue weighted by Crippen LogP contribution is -2.24. The Morgan fingerprint density at radius 3 is 2.47 bits per heavy atom. The Labute approximate surface area is 89.0 Å². The summed E-state index contributed by atoms with van der Waals surface area (Å²) in [6.45, 7) is 2.38. The van der Waals surface area contributed by atoms with Crippen molar-refractivity contribution in [3.05, 3.63) is 0 Å². The van der Waals surface area contributed by atoms with Gasteiger partial charge in [-0.3, -0.25) is 4.79 Å². The summed E-state index contributed by atoms with van der Waals surface area (Å²) in [6, 6.07) is 0. The highest BCUT2D eigenvalue weighted by Gasteiger charge is 2.18. The summed E-state index contributed by atoms with van der Waals surface area (Å²) in [5, 5.41) is 17.2. The zero-order valence-electron chi connectivity index (χ0n) is 8.94. The van der Waals surface area contributed by atoms with E-state index in [0.29, 0.717) is 6.61 Å². The number of carbonyl (C=O) groups is 2. The predicted molar refractivity (Wildman–Crippen MR) is 53.4 cm³/mol. The third kappa shape index (κ3) is 7.93. The van der Waals surface area contributed by atoms with E-state index in [0.717, 1.165) is 25.7 Å². The van der Waals surface area contributed by atoms with Crippen LogP contribution in [0, 0.1) is 0 Å². The van der Waals surface area contributed by atoms with Crippen LogP contribution in [0.3, 0.4) is 0 Å². The standard InChI is InChI=1S/C10H18O5/c1-2-3-4-5-6-15-9(12)7-8(11)10(13)14/h8,11H,2-7H2,1H3,(H,13,14). The lowest BCUT2D eigenvalue weighted by Gasteiger charge is -2.06. The van der Waals surface area contributed by atoms with Crippen molar-refractivity contribution in [3.8, 4) is 0 Å². The number of hydrogen-bond donors (Lipinski definition) is 2. The molecule has 88 valence electrons. The van der Waals surface area contributed by atoms with E-state index in [4.69, 9.17) is 14.9 Å². The van der Waals surface area contributed by atoms with Crippen molar-refractivity contribution in [2.75, 3.05) is 6.61 Å². The van der Waals surface area contributed by atoms with Gasteiger partial charge in [0.1, 0.15) is 0 Å². The number of aliphatic carboxylic acids is 1. The van der Waals surface area contributed by atoms with Gasteiger partial charge in [-0.2, -0.15) is 0 Å². The number of carboxylic acid groups (broad SMARTS) is 1. The van der Waals surface area contributed by atoms with Crippen LogP contribution in [0.25, 0.3) is 0 Å². The molecule has 0 bridgehead atoms. The Bertz CT molecular complexity index is 202. The zero-order chi connectivity index (χ0) is 11.7. The fourth-order valence-electron chi connectivity index (χ4n) is 1.02. The molecular formula is C10H18O5. The van der Waals surface area contributed by atoms with E-state index in [2.05, 4.69) is 6.92 Å². The molecule has 5 nitrogen and oxygen atoms in total. The van der Waals surface area contributed by atoms with Gasteiger partial charge in [-0.15, -0.1) is 0 Å². The maximum Gasteiger partial charge on any atom is 0.333 e. The second-order valence-electron chi connectivity index (χ2n) is 3.34. The first-order chi connectivity index (χ1) is 7.07. The molecular weight excluding hydrogens is 200 g/mol. The third-order valence-corrected chi connectivity index (χ3v) is 1.91. The molecule has 5 heteroatoms. The molecule has 0 amide bonds. The first-order valence-corrected chi connectivity index (χ1v) is 5.14. The Morgan fingerprint density at radius 2 is 1.93 bits per heavy atom. The van der Waals surface area contributed by atoms with Crippen LogP contribution >= 0.6 is 0 Å². The molecule has 0 aliphatic carbocycles. The highest BCUT2D eigenvalue weighted by molar-refractivity contribution is 5.80. The smallest absolute Gasteiger partial charge is 0.333 e. The van der Waals surface area contributed by atoms with Crippen LogP contribution in [0.4, 0.5) is 0 Å². The van der Waals surface area contributed by atoms with Crippen LogP contribution in [0.1, 0.15) is 39.0 Å². The number of hydrogen-bond acceptors (Lipinski definition) is 4. The van der Waals surface area contributed by atoms with Gasteiger partial charge >= 0.3 is 11.9 Å². The average molecular weight is 218 g/mol. The molecule has 0 fully saturated rings. The fraction of sp³-hybridized carbons (Fsp3) is 0.800. The van der Waals surface area contributed by atoms with E-state index in [1.165, 1.54) is 0 Å². The molecule has 0 aromatic heterocycles. The molecule has 0 aromatic rings. The summed E-state index contributed by atoms with van der Waals surface area (Å²) >= 11 is 0. The second-order valence-corrected chi connectivity index (χ2v) is 3.34. The van der Waals surface area contributed by atoms with Gasteiger partial charge in [0.15, 0.2) is 6.10 Å². The van der Waals surface area contributed by atoms with Crippen molar-refractivity contribution in [3.63, 3.8) is 0 Å². The molecule has 0 aromatic carbocycles. The highest BCUT2D eigenvalue weighted by atomic mass is 16.5. The third-order valence-electron chi connectivity index (χ3n) is 1.91. The van der Waals surface area contributed by atoms with E-state index in [1.807, 2.05) is 0 Å². The lowest BCUT2D eigenvalue weighted by molar-refractivity contribution is -0.155. The van der Waals surface area contributed by atoms with Crippen molar-refractivity contribution in [2.45, 2.75) is 45.1 Å². The number of carboxylic acids is 1. The van der Waals surface area contributed by atoms with E-state index >= 15 is 0 Å². The maximum atomic E-state index is 10.9. The molecule has 0 saturated heterocycles. The monoisotopic (exact) mass is 218 g/mol. The number of aliphatic hydroxyl groups excluding tert-OH is 1. The Balaban J connectivity index is 3.45. The van der Waals surface area contributed by atoms with Gasteiger partial charge in [-0.25, -0.2) is 4.79 Å². The van der Waals surface area contributed by atoms with Crippen molar-refractivity contribution in [2.24, 2.45) is 0 Å². The lowest BCUT2D eigenvalue weighted by atomic mass is 10.2. The van der Waals surface area contributed by atoms with Crippen molar-refractivity contribution >= 4 is 11.9 Å². The SMILES string of the molecule is CCCCCCOC(=O)CC(O)C(=O)O. The van der Waals surface area contributed by atoms with Crippen LogP contribution in [-0.2, 0) is 14.3 Å². The van der Waals surface area contributed by atoms with E-state index < -0.39 is 24.5 Å². The normalized spacial score (nSPS) is 12.1. The van der Waals surface area contributed by atoms with Gasteiger partial charge < -0.3 is 14.9 Å². The predicted octanol–water partition coefficient (Wildman–Crippen LogP) is 0.946. The molecule has 0 aliphatic heterocycles. The summed E-state index contributed by atoms with van der Waals surface area (Å²) in [6.07, 6.45) is 1.83. The maximum absolute atomic E-state index is 10.9. The van der Waals surface area contributed by atoms with Crippen LogP contribution < -0.4 is 0 Å². The number of aliphatic hydroxyl groups is 1. The largest absolute Gasteiger partial charge is 0.479 e. The summed E-state index contributed by atoms with van der Waals surface area (Å²) in [5.74, 6) is -2.07. The molecule has 0 aliphatic rings. The van der Waals surface area contributed by atoms with Crippen molar-refractivity contribution in [1.29, 1.82) is 0 Å². The minimum absolute atomic E-state index is 0.297. The van der Waals surface area contributed by atoms with Crippen LogP contribution in [-0.4, -0.2) is 34.9 Å². The number of ether oxygens (including phenoxy) is 1. The molecule has 2 N–H and O–H groups in total. The van der Waals surface area contributed by atoms with Crippen molar-refractivity contribution in [1.82, 2.24) is 0 Å². The summed E-state index contributed by atoms with van der Waals surface area (Å²) < 4.78 is 4.75. The van der Waals surface area contributed by atoms with Crippen LogP contribution in [0.5, 0.6) is 0 Å². The van der Waals surface area contributed by atoms with Gasteiger partial charge in [0.2, 0.25) is 0 Å². The molecule has 1 unspecified atom stereocenters. The van der Waals surface area contributed by atoms with Crippen molar-refractivity contribution < 1.29 is 24.5 Å². The van der Waals surface area contributed by atoms with Gasteiger partial charge in [-0.1, -0.05) is 26.2 Å². The average Bonchev–Trinajstić information content (AvgIpc) is 2.17. The van der Waals surface area contributed by atoms with Gasteiger partial charge in [-0.05, 0) is 6.42 Å². The summed E-state index contributed by atoms with van der Waals surface area (Å²) in [4.78, 5) is 21.1. The van der Waals surface area contributed by atoms with Gasteiger partial charge in [0, 0.05) is 0 Å². The van der Waals surface area contributed by atoms with Crippen LogP contribution in [0.2, 0.25) is 0 Å². The van der Waals surface area contributed by atoms with Gasteiger partial charge in [0.05, 0.1) is 13.0 Å². The Hall–Kier alpha value is -1.10. The molecule has 1 atom stereocenters. The first-order valence-electron chi connectivity index (χ1n) is 5.14. The number of carbonyl (C=O) groups excluding carboxylic acids is 1.